The van der Waals surface area contributed by atoms with Gasteiger partial charge in [0.2, 0.25) is 0 Å². The third kappa shape index (κ3) is 4.28. The molecular weight excluding hydrogens is 180 g/mol. The van der Waals surface area contributed by atoms with E-state index in [1.54, 1.807) is 0 Å². The molecule has 0 aliphatic heterocycles. The van der Waals surface area contributed by atoms with Gasteiger partial charge in [-0.1, -0.05) is 73.4 Å². The van der Waals surface area contributed by atoms with Crippen molar-refractivity contribution in [1.29, 1.82) is 0 Å². The topological polar surface area (TPSA) is 0 Å². The molecule has 0 N–H and O–H groups in total. The van der Waals surface area contributed by atoms with Gasteiger partial charge in [0.25, 0.3) is 0 Å². The van der Waals surface area contributed by atoms with Crippen LogP contribution >= 0.6 is 0 Å². The third-order valence-electron chi connectivity index (χ3n) is 1.98. The first kappa shape index (κ1) is 11.3. The number of allylic oxidation sites excluding steroid dienone is 6. The summed E-state index contributed by atoms with van der Waals surface area (Å²) in [6.07, 6.45) is 12.0. The molecule has 0 fully saturated rings. The molecule has 0 saturated carbocycles. The second kappa shape index (κ2) is 6.61. The van der Waals surface area contributed by atoms with Gasteiger partial charge in [0.05, 0.1) is 0 Å². The highest BCUT2D eigenvalue weighted by atomic mass is 13.9. The summed E-state index contributed by atoms with van der Waals surface area (Å²) < 4.78 is 0. The van der Waals surface area contributed by atoms with Gasteiger partial charge in [-0.05, 0) is 18.1 Å². The van der Waals surface area contributed by atoms with Crippen molar-refractivity contribution in [3.8, 4) is 0 Å². The fraction of sp³-hybridized carbons (Fsp3) is 0.0667. The number of hydrogen-bond acceptors (Lipinski definition) is 0. The fourth-order valence-corrected chi connectivity index (χ4v) is 1.16. The smallest absolute Gasteiger partial charge is 0.0256 e. The molecule has 0 unspecified atom stereocenters. The summed E-state index contributed by atoms with van der Waals surface area (Å²) >= 11 is 0. The lowest BCUT2D eigenvalue weighted by atomic mass is 10.1. The Morgan fingerprint density at radius 3 is 2.53 bits per heavy atom. The zero-order valence-corrected chi connectivity index (χ0v) is 9.06. The lowest BCUT2D eigenvalue weighted by Crippen LogP contribution is -1.71. The summed E-state index contributed by atoms with van der Waals surface area (Å²) in [5, 5.41) is 0. The SMILES string of the molecule is C=CC(/C=C/c1ccccc1)=C\C=C/C. The highest BCUT2D eigenvalue weighted by molar-refractivity contribution is 5.54. The molecule has 15 heavy (non-hydrogen) atoms. The minimum atomic E-state index is 1.11. The van der Waals surface area contributed by atoms with Crippen molar-refractivity contribution < 1.29 is 0 Å². The van der Waals surface area contributed by atoms with Crippen LogP contribution in [0.2, 0.25) is 0 Å². The van der Waals surface area contributed by atoms with Gasteiger partial charge in [-0.3, -0.25) is 0 Å². The van der Waals surface area contributed by atoms with E-state index >= 15 is 0 Å². The van der Waals surface area contributed by atoms with Gasteiger partial charge in [-0.25, -0.2) is 0 Å². The molecule has 1 rings (SSSR count). The van der Waals surface area contributed by atoms with Crippen molar-refractivity contribution in [2.45, 2.75) is 6.92 Å². The quantitative estimate of drug-likeness (QED) is 0.626. The van der Waals surface area contributed by atoms with Gasteiger partial charge < -0.3 is 0 Å². The Kier molecular flexibility index (Phi) is 4.96. The van der Waals surface area contributed by atoms with Crippen molar-refractivity contribution in [2.75, 3.05) is 0 Å². The third-order valence-corrected chi connectivity index (χ3v) is 1.98. The van der Waals surface area contributed by atoms with Crippen LogP contribution in [0.1, 0.15) is 12.5 Å². The molecule has 76 valence electrons. The molecule has 0 atom stereocenters. The maximum atomic E-state index is 3.77. The van der Waals surface area contributed by atoms with Gasteiger partial charge in [0.1, 0.15) is 0 Å². The van der Waals surface area contributed by atoms with E-state index in [4.69, 9.17) is 0 Å². The second-order valence-electron chi connectivity index (χ2n) is 3.14. The van der Waals surface area contributed by atoms with Crippen LogP contribution < -0.4 is 0 Å². The Morgan fingerprint density at radius 2 is 1.93 bits per heavy atom. The van der Waals surface area contributed by atoms with Gasteiger partial charge in [-0.2, -0.15) is 0 Å². The maximum absolute atomic E-state index is 3.77. The van der Waals surface area contributed by atoms with E-state index in [0.29, 0.717) is 0 Å². The largest absolute Gasteiger partial charge is 0.0985 e. The van der Waals surface area contributed by atoms with Gasteiger partial charge in [0, 0.05) is 0 Å². The van der Waals surface area contributed by atoms with E-state index in [2.05, 4.69) is 30.9 Å². The summed E-state index contributed by atoms with van der Waals surface area (Å²) in [6, 6.07) is 10.2. The first-order chi connectivity index (χ1) is 7.36. The minimum absolute atomic E-state index is 1.11. The van der Waals surface area contributed by atoms with Crippen molar-refractivity contribution in [3.05, 3.63) is 78.4 Å². The Hall–Kier alpha value is -1.82. The lowest BCUT2D eigenvalue weighted by Gasteiger charge is -1.92. The van der Waals surface area contributed by atoms with Crippen molar-refractivity contribution in [3.63, 3.8) is 0 Å². The molecule has 1 aromatic carbocycles. The second-order valence-corrected chi connectivity index (χ2v) is 3.14. The van der Waals surface area contributed by atoms with Crippen molar-refractivity contribution >= 4 is 6.08 Å². The Bertz CT molecular complexity index is 378. The lowest BCUT2D eigenvalue weighted by molar-refractivity contribution is 1.64. The predicted molar refractivity (Wildman–Crippen MR) is 68.6 cm³/mol. The molecule has 0 amide bonds. The van der Waals surface area contributed by atoms with E-state index in [0.717, 1.165) is 5.57 Å². The van der Waals surface area contributed by atoms with Crippen LogP contribution in [0.25, 0.3) is 6.08 Å². The fourth-order valence-electron chi connectivity index (χ4n) is 1.16. The normalized spacial score (nSPS) is 12.5. The molecule has 0 spiro atoms. The van der Waals surface area contributed by atoms with Crippen LogP contribution in [0.4, 0.5) is 0 Å². The first-order valence-electron chi connectivity index (χ1n) is 5.05. The van der Waals surface area contributed by atoms with Crippen LogP contribution in [-0.2, 0) is 0 Å². The molecule has 0 heteroatoms. The molecule has 0 radical (unpaired) electrons. The zero-order valence-electron chi connectivity index (χ0n) is 9.06. The molecular formula is C15H16. The summed E-state index contributed by atoms with van der Waals surface area (Å²) in [4.78, 5) is 0. The summed E-state index contributed by atoms with van der Waals surface area (Å²) in [5.41, 5.74) is 2.31. The Balaban J connectivity index is 2.75. The molecule has 0 bridgehead atoms. The van der Waals surface area contributed by atoms with Crippen LogP contribution in [0.3, 0.4) is 0 Å². The molecule has 0 heterocycles. The van der Waals surface area contributed by atoms with E-state index in [9.17, 15) is 0 Å². The van der Waals surface area contributed by atoms with Crippen LogP contribution in [-0.4, -0.2) is 0 Å². The average Bonchev–Trinajstić information content (AvgIpc) is 2.31. The summed E-state index contributed by atoms with van der Waals surface area (Å²) in [6.45, 7) is 5.77. The van der Waals surface area contributed by atoms with Gasteiger partial charge in [0.15, 0.2) is 0 Å². The van der Waals surface area contributed by atoms with E-state index in [1.165, 1.54) is 5.56 Å². The van der Waals surface area contributed by atoms with Gasteiger partial charge in [-0.15, -0.1) is 0 Å². The van der Waals surface area contributed by atoms with Crippen LogP contribution in [0, 0.1) is 0 Å². The van der Waals surface area contributed by atoms with Crippen molar-refractivity contribution in [2.24, 2.45) is 0 Å². The number of rotatable bonds is 4. The molecule has 1 aromatic rings. The Labute approximate surface area is 92.0 Å². The number of hydrogen-bond donors (Lipinski definition) is 0. The van der Waals surface area contributed by atoms with Gasteiger partial charge >= 0.3 is 0 Å². The summed E-state index contributed by atoms with van der Waals surface area (Å²) in [7, 11) is 0. The summed E-state index contributed by atoms with van der Waals surface area (Å²) in [5.74, 6) is 0. The van der Waals surface area contributed by atoms with E-state index in [1.807, 2.05) is 49.4 Å². The minimum Gasteiger partial charge on any atom is -0.0985 e. The Morgan fingerprint density at radius 1 is 1.20 bits per heavy atom. The molecule has 0 aliphatic rings. The van der Waals surface area contributed by atoms with E-state index in [-0.39, 0.29) is 0 Å². The van der Waals surface area contributed by atoms with Crippen LogP contribution in [0.15, 0.2) is 72.9 Å². The number of benzene rings is 1. The monoisotopic (exact) mass is 196 g/mol. The predicted octanol–water partition coefficient (Wildman–Crippen LogP) is 4.39. The first-order valence-corrected chi connectivity index (χ1v) is 5.05. The highest BCUT2D eigenvalue weighted by Gasteiger charge is 1.84. The van der Waals surface area contributed by atoms with E-state index < -0.39 is 0 Å². The maximum Gasteiger partial charge on any atom is -0.0256 e. The molecule has 0 aliphatic carbocycles. The van der Waals surface area contributed by atoms with Crippen LogP contribution in [0.5, 0.6) is 0 Å². The molecule has 0 saturated heterocycles. The standard InChI is InChI=1S/C15H16/c1-3-5-9-14(4-2)12-13-15-10-7-6-8-11-15/h3-13H,2H2,1H3/b5-3-,13-12+,14-9+. The molecule has 0 aromatic heterocycles. The highest BCUT2D eigenvalue weighted by Crippen LogP contribution is 2.05. The zero-order chi connectivity index (χ0) is 10.9. The molecule has 0 nitrogen and oxygen atoms in total. The van der Waals surface area contributed by atoms with Crippen molar-refractivity contribution in [1.82, 2.24) is 0 Å². The average molecular weight is 196 g/mol.